The Labute approximate surface area is 145 Å². The Bertz CT molecular complexity index is 832. The van der Waals surface area contributed by atoms with Gasteiger partial charge in [0, 0.05) is 18.3 Å². The Morgan fingerprint density at radius 2 is 2.04 bits per heavy atom. The second kappa shape index (κ2) is 6.80. The van der Waals surface area contributed by atoms with Gasteiger partial charge in [-0.05, 0) is 53.1 Å². The maximum atomic E-state index is 12.9. The van der Waals surface area contributed by atoms with Crippen LogP contribution in [0, 0.1) is 0 Å². The smallest absolute Gasteiger partial charge is 0.254 e. The van der Waals surface area contributed by atoms with Crippen molar-refractivity contribution in [3.8, 4) is 0 Å². The number of rotatable bonds is 4. The van der Waals surface area contributed by atoms with Crippen LogP contribution in [0.15, 0.2) is 55.0 Å². The summed E-state index contributed by atoms with van der Waals surface area (Å²) in [6, 6.07) is 13.6. The molecule has 1 aliphatic rings. The number of pyridine rings is 1. The van der Waals surface area contributed by atoms with Gasteiger partial charge in [0.05, 0.1) is 18.3 Å². The van der Waals surface area contributed by atoms with Gasteiger partial charge >= 0.3 is 0 Å². The molecule has 3 heterocycles. The van der Waals surface area contributed by atoms with Crippen molar-refractivity contribution in [1.29, 1.82) is 0 Å². The van der Waals surface area contributed by atoms with Gasteiger partial charge in [0.25, 0.3) is 5.91 Å². The van der Waals surface area contributed by atoms with Crippen LogP contribution in [-0.4, -0.2) is 42.5 Å². The van der Waals surface area contributed by atoms with Gasteiger partial charge in [-0.2, -0.15) is 0 Å². The molecule has 2 aromatic heterocycles. The van der Waals surface area contributed by atoms with Crippen molar-refractivity contribution < 1.29 is 4.79 Å². The third-order valence-corrected chi connectivity index (χ3v) is 4.48. The lowest BCUT2D eigenvalue weighted by Crippen LogP contribution is -2.30. The monoisotopic (exact) mass is 334 g/mol. The SMILES string of the molecule is O=C(c1ccc(Cn2cnnn2)cc1)N1CCCC1c1ccccn1. The largest absolute Gasteiger partial charge is 0.330 e. The van der Waals surface area contributed by atoms with Gasteiger partial charge in [0.1, 0.15) is 6.33 Å². The van der Waals surface area contributed by atoms with Crippen molar-refractivity contribution in [3.05, 3.63) is 71.8 Å². The Hall–Kier alpha value is -3.09. The van der Waals surface area contributed by atoms with E-state index in [1.54, 1.807) is 17.2 Å². The van der Waals surface area contributed by atoms with E-state index in [-0.39, 0.29) is 11.9 Å². The molecule has 0 saturated carbocycles. The molecule has 3 aromatic rings. The van der Waals surface area contributed by atoms with Gasteiger partial charge in [-0.25, -0.2) is 4.68 Å². The quantitative estimate of drug-likeness (QED) is 0.730. The molecule has 1 aromatic carbocycles. The lowest BCUT2D eigenvalue weighted by molar-refractivity contribution is 0.0733. The standard InChI is InChI=1S/C18H18N6O/c25-18(24-11-3-5-17(24)16-4-1-2-10-19-16)15-8-6-14(7-9-15)12-23-13-20-21-22-23/h1-2,4,6-10,13,17H,3,5,11-12H2. The van der Waals surface area contributed by atoms with Crippen molar-refractivity contribution in [2.75, 3.05) is 6.54 Å². The number of likely N-dealkylation sites (tertiary alicyclic amines) is 1. The fourth-order valence-corrected chi connectivity index (χ4v) is 3.25. The van der Waals surface area contributed by atoms with E-state index in [0.717, 1.165) is 30.6 Å². The van der Waals surface area contributed by atoms with Gasteiger partial charge in [-0.3, -0.25) is 9.78 Å². The molecule has 7 nitrogen and oxygen atoms in total. The van der Waals surface area contributed by atoms with E-state index in [4.69, 9.17) is 0 Å². The van der Waals surface area contributed by atoms with E-state index in [0.29, 0.717) is 12.1 Å². The summed E-state index contributed by atoms with van der Waals surface area (Å²) in [5.41, 5.74) is 2.71. The Morgan fingerprint density at radius 1 is 1.16 bits per heavy atom. The van der Waals surface area contributed by atoms with Crippen molar-refractivity contribution >= 4 is 5.91 Å². The van der Waals surface area contributed by atoms with Crippen molar-refractivity contribution in [3.63, 3.8) is 0 Å². The highest BCUT2D eigenvalue weighted by Gasteiger charge is 2.31. The minimum Gasteiger partial charge on any atom is -0.330 e. The number of aromatic nitrogens is 5. The molecule has 1 unspecified atom stereocenters. The predicted molar refractivity (Wildman–Crippen MR) is 90.6 cm³/mol. The molecule has 0 N–H and O–H groups in total. The van der Waals surface area contributed by atoms with Crippen LogP contribution in [0.1, 0.15) is 40.5 Å². The maximum absolute atomic E-state index is 12.9. The Morgan fingerprint density at radius 3 is 2.76 bits per heavy atom. The van der Waals surface area contributed by atoms with Gasteiger partial charge in [-0.15, -0.1) is 5.10 Å². The maximum Gasteiger partial charge on any atom is 0.254 e. The van der Waals surface area contributed by atoms with E-state index in [2.05, 4.69) is 20.5 Å². The zero-order valence-electron chi connectivity index (χ0n) is 13.7. The summed E-state index contributed by atoms with van der Waals surface area (Å²) in [6.07, 6.45) is 5.31. The van der Waals surface area contributed by atoms with Gasteiger partial charge in [0.2, 0.25) is 0 Å². The molecule has 126 valence electrons. The first-order valence-electron chi connectivity index (χ1n) is 8.33. The van der Waals surface area contributed by atoms with Crippen LogP contribution in [0.25, 0.3) is 0 Å². The minimum absolute atomic E-state index is 0.0575. The highest BCUT2D eigenvalue weighted by atomic mass is 16.2. The first-order valence-corrected chi connectivity index (χ1v) is 8.33. The third-order valence-electron chi connectivity index (χ3n) is 4.48. The predicted octanol–water partition coefficient (Wildman–Crippen LogP) is 2.09. The molecule has 1 atom stereocenters. The van der Waals surface area contributed by atoms with Gasteiger partial charge in [0.15, 0.2) is 0 Å². The van der Waals surface area contributed by atoms with Crippen LogP contribution < -0.4 is 0 Å². The topological polar surface area (TPSA) is 76.8 Å². The van der Waals surface area contributed by atoms with E-state index >= 15 is 0 Å². The Kier molecular flexibility index (Phi) is 4.20. The lowest BCUT2D eigenvalue weighted by Gasteiger charge is -2.24. The number of hydrogen-bond donors (Lipinski definition) is 0. The average molecular weight is 334 g/mol. The normalized spacial score (nSPS) is 17.0. The molecular weight excluding hydrogens is 316 g/mol. The number of benzene rings is 1. The van der Waals surface area contributed by atoms with Crippen LogP contribution >= 0.6 is 0 Å². The van der Waals surface area contributed by atoms with E-state index in [1.165, 1.54) is 0 Å². The summed E-state index contributed by atoms with van der Waals surface area (Å²) in [7, 11) is 0. The molecule has 4 rings (SSSR count). The fourth-order valence-electron chi connectivity index (χ4n) is 3.25. The Balaban J connectivity index is 1.50. The van der Waals surface area contributed by atoms with E-state index < -0.39 is 0 Å². The van der Waals surface area contributed by atoms with Crippen LogP contribution in [0.3, 0.4) is 0 Å². The van der Waals surface area contributed by atoms with E-state index in [9.17, 15) is 4.79 Å². The summed E-state index contributed by atoms with van der Waals surface area (Å²) in [6.45, 7) is 1.36. The average Bonchev–Trinajstić information content (AvgIpc) is 3.34. The van der Waals surface area contributed by atoms with Crippen LogP contribution in [0.4, 0.5) is 0 Å². The second-order valence-electron chi connectivity index (χ2n) is 6.12. The molecule has 1 amide bonds. The number of nitrogens with zero attached hydrogens (tertiary/aromatic N) is 6. The second-order valence-corrected chi connectivity index (χ2v) is 6.12. The highest BCUT2D eigenvalue weighted by Crippen LogP contribution is 2.31. The molecule has 1 aliphatic heterocycles. The van der Waals surface area contributed by atoms with Crippen molar-refractivity contribution in [2.45, 2.75) is 25.4 Å². The summed E-state index contributed by atoms with van der Waals surface area (Å²) in [4.78, 5) is 19.3. The van der Waals surface area contributed by atoms with Crippen LogP contribution in [0.5, 0.6) is 0 Å². The van der Waals surface area contributed by atoms with Gasteiger partial charge in [-0.1, -0.05) is 18.2 Å². The summed E-state index contributed by atoms with van der Waals surface area (Å²) in [5.74, 6) is 0.0575. The number of amides is 1. The molecule has 1 fully saturated rings. The molecule has 0 bridgehead atoms. The zero-order chi connectivity index (χ0) is 17.1. The molecule has 0 spiro atoms. The van der Waals surface area contributed by atoms with Crippen LogP contribution in [0.2, 0.25) is 0 Å². The molecule has 7 heteroatoms. The number of tetrazole rings is 1. The van der Waals surface area contributed by atoms with Crippen molar-refractivity contribution in [2.24, 2.45) is 0 Å². The molecular formula is C18H18N6O. The lowest BCUT2D eigenvalue weighted by atomic mass is 10.1. The fraction of sp³-hybridized carbons (Fsp3) is 0.278. The summed E-state index contributed by atoms with van der Waals surface area (Å²) in [5, 5.41) is 11.1. The zero-order valence-corrected chi connectivity index (χ0v) is 13.7. The van der Waals surface area contributed by atoms with Crippen molar-refractivity contribution in [1.82, 2.24) is 30.1 Å². The first-order chi connectivity index (χ1) is 12.3. The highest BCUT2D eigenvalue weighted by molar-refractivity contribution is 5.94. The molecule has 1 saturated heterocycles. The number of carbonyl (C=O) groups excluding carboxylic acids is 1. The number of carbonyl (C=O) groups is 1. The third kappa shape index (κ3) is 3.26. The first kappa shape index (κ1) is 15.4. The van der Waals surface area contributed by atoms with E-state index in [1.807, 2.05) is 47.4 Å². The van der Waals surface area contributed by atoms with Gasteiger partial charge < -0.3 is 4.90 Å². The molecule has 0 radical (unpaired) electrons. The summed E-state index contributed by atoms with van der Waals surface area (Å²) < 4.78 is 1.65. The number of hydrogen-bond acceptors (Lipinski definition) is 5. The summed E-state index contributed by atoms with van der Waals surface area (Å²) >= 11 is 0. The van der Waals surface area contributed by atoms with Crippen LogP contribution in [-0.2, 0) is 6.54 Å². The molecule has 25 heavy (non-hydrogen) atoms. The minimum atomic E-state index is 0.0575. The molecule has 0 aliphatic carbocycles.